The molecule has 0 unspecified atom stereocenters. The van der Waals surface area contributed by atoms with Crippen LogP contribution in [-0.2, 0) is 0 Å². The number of nitrogens with one attached hydrogen (secondary N) is 2. The van der Waals surface area contributed by atoms with E-state index in [1.54, 1.807) is 42.5 Å². The maximum absolute atomic E-state index is 13.5. The Bertz CT molecular complexity index is 994. The van der Waals surface area contributed by atoms with Crippen LogP contribution in [0.25, 0.3) is 0 Å². The van der Waals surface area contributed by atoms with Crippen LogP contribution in [0.3, 0.4) is 0 Å². The van der Waals surface area contributed by atoms with E-state index in [9.17, 15) is 18.4 Å². The highest BCUT2D eigenvalue weighted by atomic mass is 19.1. The van der Waals surface area contributed by atoms with E-state index in [4.69, 9.17) is 9.47 Å². The highest BCUT2D eigenvalue weighted by Gasteiger charge is 2.11. The fourth-order valence-corrected chi connectivity index (χ4v) is 2.78. The molecule has 0 aromatic heterocycles. The molecule has 2 N–H and O–H groups in total. The van der Waals surface area contributed by atoms with Gasteiger partial charge in [0.2, 0.25) is 0 Å². The van der Waals surface area contributed by atoms with Gasteiger partial charge in [-0.2, -0.15) is 0 Å². The van der Waals surface area contributed by atoms with Crippen molar-refractivity contribution in [3.05, 3.63) is 95.6 Å². The van der Waals surface area contributed by atoms with Crippen LogP contribution in [0.1, 0.15) is 20.7 Å². The Morgan fingerprint density at radius 3 is 1.53 bits per heavy atom. The summed E-state index contributed by atoms with van der Waals surface area (Å²) in [7, 11) is 0. The lowest BCUT2D eigenvalue weighted by atomic mass is 10.1. The van der Waals surface area contributed by atoms with Gasteiger partial charge in [0.15, 0.2) is 23.1 Å². The summed E-state index contributed by atoms with van der Waals surface area (Å²) in [6, 6.07) is 18.2. The molecule has 0 atom stereocenters. The molecule has 166 valence electrons. The fourth-order valence-electron chi connectivity index (χ4n) is 2.78. The molecule has 0 bridgehead atoms. The van der Waals surface area contributed by atoms with Crippen molar-refractivity contribution in [2.24, 2.45) is 0 Å². The first-order valence-electron chi connectivity index (χ1n) is 9.95. The minimum atomic E-state index is -0.475. The van der Waals surface area contributed by atoms with Gasteiger partial charge < -0.3 is 20.1 Å². The quantitative estimate of drug-likeness (QED) is 0.473. The fraction of sp³-hybridized carbons (Fsp3) is 0.167. The van der Waals surface area contributed by atoms with Crippen molar-refractivity contribution >= 4 is 11.8 Å². The van der Waals surface area contributed by atoms with E-state index in [0.717, 1.165) is 0 Å². The number of carbonyl (C=O) groups is 2. The molecule has 3 aromatic rings. The van der Waals surface area contributed by atoms with Crippen LogP contribution in [0, 0.1) is 11.6 Å². The van der Waals surface area contributed by atoms with E-state index < -0.39 is 11.6 Å². The Morgan fingerprint density at radius 2 is 1.09 bits per heavy atom. The summed E-state index contributed by atoms with van der Waals surface area (Å²) in [5.74, 6) is -1.51. The molecule has 8 heteroatoms. The lowest BCUT2D eigenvalue weighted by Crippen LogP contribution is -2.30. The molecular formula is C24H22F2N2O4. The molecule has 0 aliphatic heterocycles. The molecule has 32 heavy (non-hydrogen) atoms. The van der Waals surface area contributed by atoms with Gasteiger partial charge in [-0.15, -0.1) is 0 Å². The predicted octanol–water partition coefficient (Wildman–Crippen LogP) is 3.58. The SMILES string of the molecule is O=C(NCCOc1ccccc1F)c1cccc(C(=O)NCCOc2ccccc2F)c1. The smallest absolute Gasteiger partial charge is 0.251 e. The van der Waals surface area contributed by atoms with Crippen LogP contribution in [0.4, 0.5) is 8.78 Å². The number of benzene rings is 3. The molecule has 2 amide bonds. The van der Waals surface area contributed by atoms with Crippen LogP contribution in [-0.4, -0.2) is 38.1 Å². The summed E-state index contributed by atoms with van der Waals surface area (Å²) in [4.78, 5) is 24.6. The number of amides is 2. The van der Waals surface area contributed by atoms with E-state index >= 15 is 0 Å². The maximum Gasteiger partial charge on any atom is 0.251 e. The number of hydrogen-bond donors (Lipinski definition) is 2. The van der Waals surface area contributed by atoms with Crippen LogP contribution in [0.5, 0.6) is 11.5 Å². The molecule has 0 aliphatic carbocycles. The van der Waals surface area contributed by atoms with Crippen molar-refractivity contribution in [3.8, 4) is 11.5 Å². The van der Waals surface area contributed by atoms with Gasteiger partial charge >= 0.3 is 0 Å². The van der Waals surface area contributed by atoms with Gasteiger partial charge in [0.05, 0.1) is 13.1 Å². The Hall–Kier alpha value is -3.94. The second kappa shape index (κ2) is 11.5. The van der Waals surface area contributed by atoms with Gasteiger partial charge in [-0.3, -0.25) is 9.59 Å². The standard InChI is InChI=1S/C24H22F2N2O4/c25-19-8-1-3-10-21(19)31-14-12-27-23(29)17-6-5-7-18(16-17)24(30)28-13-15-32-22-11-4-2-9-20(22)26/h1-11,16H,12-15H2,(H,27,29)(H,28,30). The first-order valence-corrected chi connectivity index (χ1v) is 9.95. The van der Waals surface area contributed by atoms with Crippen molar-refractivity contribution in [3.63, 3.8) is 0 Å². The van der Waals surface area contributed by atoms with E-state index in [1.807, 2.05) is 0 Å². The lowest BCUT2D eigenvalue weighted by Gasteiger charge is -2.10. The highest BCUT2D eigenvalue weighted by Crippen LogP contribution is 2.15. The zero-order chi connectivity index (χ0) is 22.8. The largest absolute Gasteiger partial charge is 0.489 e. The molecular weight excluding hydrogens is 418 g/mol. The molecule has 6 nitrogen and oxygen atoms in total. The normalized spacial score (nSPS) is 10.3. The minimum Gasteiger partial charge on any atom is -0.489 e. The van der Waals surface area contributed by atoms with E-state index in [-0.39, 0.29) is 49.6 Å². The zero-order valence-corrected chi connectivity index (χ0v) is 17.1. The number of halogens is 2. The second-order valence-corrected chi connectivity index (χ2v) is 6.65. The number of carbonyl (C=O) groups excluding carboxylic acids is 2. The Balaban J connectivity index is 1.43. The molecule has 3 aromatic carbocycles. The second-order valence-electron chi connectivity index (χ2n) is 6.65. The Kier molecular flexibility index (Phi) is 8.14. The highest BCUT2D eigenvalue weighted by molar-refractivity contribution is 5.99. The van der Waals surface area contributed by atoms with Crippen molar-refractivity contribution < 1.29 is 27.8 Å². The van der Waals surface area contributed by atoms with Crippen LogP contribution < -0.4 is 20.1 Å². The number of ether oxygens (including phenoxy) is 2. The Morgan fingerprint density at radius 1 is 0.656 bits per heavy atom. The summed E-state index contributed by atoms with van der Waals surface area (Å²) >= 11 is 0. The molecule has 0 saturated heterocycles. The van der Waals surface area contributed by atoms with Gasteiger partial charge in [-0.25, -0.2) is 8.78 Å². The molecule has 0 fully saturated rings. The van der Waals surface area contributed by atoms with E-state index in [1.165, 1.54) is 30.3 Å². The van der Waals surface area contributed by atoms with Gasteiger partial charge in [0, 0.05) is 11.1 Å². The average molecular weight is 440 g/mol. The molecule has 3 rings (SSSR count). The monoisotopic (exact) mass is 440 g/mol. The summed E-state index contributed by atoms with van der Waals surface area (Å²) < 4.78 is 37.6. The number of hydrogen-bond acceptors (Lipinski definition) is 4. The number of rotatable bonds is 10. The summed E-state index contributed by atoms with van der Waals surface area (Å²) in [5.41, 5.74) is 0.595. The minimum absolute atomic E-state index is 0.0921. The van der Waals surface area contributed by atoms with Crippen molar-refractivity contribution in [1.29, 1.82) is 0 Å². The molecule has 0 heterocycles. The van der Waals surface area contributed by atoms with E-state index in [0.29, 0.717) is 11.1 Å². The van der Waals surface area contributed by atoms with Gasteiger partial charge in [0.1, 0.15) is 13.2 Å². The molecule has 0 spiro atoms. The zero-order valence-electron chi connectivity index (χ0n) is 17.1. The molecule has 0 radical (unpaired) electrons. The van der Waals surface area contributed by atoms with Crippen molar-refractivity contribution in [1.82, 2.24) is 10.6 Å². The third-order valence-corrected chi connectivity index (χ3v) is 4.35. The Labute approximate surface area is 184 Å². The van der Waals surface area contributed by atoms with E-state index in [2.05, 4.69) is 10.6 Å². The molecule has 0 saturated carbocycles. The topological polar surface area (TPSA) is 76.7 Å². The maximum atomic E-state index is 13.5. The van der Waals surface area contributed by atoms with Crippen LogP contribution in [0.2, 0.25) is 0 Å². The van der Waals surface area contributed by atoms with Crippen LogP contribution >= 0.6 is 0 Å². The molecule has 0 aliphatic rings. The lowest BCUT2D eigenvalue weighted by molar-refractivity contribution is 0.0946. The van der Waals surface area contributed by atoms with Gasteiger partial charge in [-0.05, 0) is 42.5 Å². The third kappa shape index (κ3) is 6.53. The predicted molar refractivity (Wildman–Crippen MR) is 115 cm³/mol. The summed E-state index contributed by atoms with van der Waals surface area (Å²) in [6.07, 6.45) is 0. The summed E-state index contributed by atoms with van der Waals surface area (Å²) in [5, 5.41) is 5.31. The average Bonchev–Trinajstić information content (AvgIpc) is 2.81. The van der Waals surface area contributed by atoms with Gasteiger partial charge in [0.25, 0.3) is 11.8 Å². The first-order chi connectivity index (χ1) is 15.5. The van der Waals surface area contributed by atoms with Gasteiger partial charge in [-0.1, -0.05) is 30.3 Å². The van der Waals surface area contributed by atoms with Crippen LogP contribution in [0.15, 0.2) is 72.8 Å². The third-order valence-electron chi connectivity index (χ3n) is 4.35. The first kappa shape index (κ1) is 22.7. The summed E-state index contributed by atoms with van der Waals surface area (Å²) in [6.45, 7) is 0.512. The van der Waals surface area contributed by atoms with Crippen molar-refractivity contribution in [2.75, 3.05) is 26.3 Å². The number of para-hydroxylation sites is 2. The van der Waals surface area contributed by atoms with Crippen molar-refractivity contribution in [2.45, 2.75) is 0 Å².